The molecule has 2 N–H and O–H groups in total. The molecule has 10 nitrogen and oxygen atoms in total. The maximum atomic E-state index is 12.2. The SMILES string of the molecule is Cc1ccc(S(=O)(=O)CCCCNS(=O)(=O)c2ccc(C)cc2)cc1.Cc1ccc(S(=O)(=O)CCCNS(=O)(=O)c2ccc(C)cc2)cc1. The van der Waals surface area contributed by atoms with E-state index < -0.39 is 39.7 Å². The van der Waals surface area contributed by atoms with Crippen molar-refractivity contribution < 1.29 is 33.7 Å². The van der Waals surface area contributed by atoms with E-state index >= 15 is 0 Å². The van der Waals surface area contributed by atoms with Crippen molar-refractivity contribution in [1.29, 1.82) is 0 Å². The summed E-state index contributed by atoms with van der Waals surface area (Å²) in [5, 5.41) is 0. The monoisotopic (exact) mass is 748 g/mol. The van der Waals surface area contributed by atoms with Crippen molar-refractivity contribution in [1.82, 2.24) is 9.44 Å². The second kappa shape index (κ2) is 17.5. The van der Waals surface area contributed by atoms with Crippen LogP contribution in [0.25, 0.3) is 0 Å². The zero-order chi connectivity index (χ0) is 36.3. The average molecular weight is 749 g/mol. The molecule has 0 saturated heterocycles. The first-order chi connectivity index (χ1) is 22.9. The number of nitrogens with one attached hydrogen (secondary N) is 2. The highest BCUT2D eigenvalue weighted by molar-refractivity contribution is 7.91. The number of hydrogen-bond acceptors (Lipinski definition) is 8. The van der Waals surface area contributed by atoms with E-state index in [1.54, 1.807) is 84.9 Å². The Balaban J connectivity index is 0.000000266. The van der Waals surface area contributed by atoms with Crippen molar-refractivity contribution in [2.45, 2.75) is 66.5 Å². The van der Waals surface area contributed by atoms with Crippen molar-refractivity contribution in [2.75, 3.05) is 24.6 Å². The third kappa shape index (κ3) is 12.8. The fourth-order valence-electron chi connectivity index (χ4n) is 4.42. The Kier molecular flexibility index (Phi) is 14.3. The van der Waals surface area contributed by atoms with E-state index in [1.807, 2.05) is 27.7 Å². The van der Waals surface area contributed by atoms with Crippen LogP contribution in [-0.4, -0.2) is 58.3 Å². The number of hydrogen-bond donors (Lipinski definition) is 2. The summed E-state index contributed by atoms with van der Waals surface area (Å²) in [5.41, 5.74) is 3.95. The lowest BCUT2D eigenvalue weighted by atomic mass is 10.2. The van der Waals surface area contributed by atoms with Gasteiger partial charge in [-0.25, -0.2) is 43.1 Å². The van der Waals surface area contributed by atoms with Crippen LogP contribution < -0.4 is 9.44 Å². The molecule has 0 atom stereocenters. The quantitative estimate of drug-likeness (QED) is 0.155. The smallest absolute Gasteiger partial charge is 0.224 e. The van der Waals surface area contributed by atoms with Crippen LogP contribution in [0.4, 0.5) is 0 Å². The molecule has 0 aliphatic rings. The molecule has 0 bridgehead atoms. The van der Waals surface area contributed by atoms with Crippen LogP contribution in [0.2, 0.25) is 0 Å². The predicted molar refractivity (Wildman–Crippen MR) is 193 cm³/mol. The Hall–Kier alpha value is -3.40. The van der Waals surface area contributed by atoms with Crippen molar-refractivity contribution in [2.24, 2.45) is 0 Å². The number of unbranched alkanes of at least 4 members (excludes halogenated alkanes) is 1. The molecule has 4 rings (SSSR count). The van der Waals surface area contributed by atoms with Gasteiger partial charge in [-0.3, -0.25) is 0 Å². The molecule has 0 aromatic heterocycles. The van der Waals surface area contributed by atoms with Crippen molar-refractivity contribution >= 4 is 39.7 Å². The zero-order valence-corrected chi connectivity index (χ0v) is 31.4. The van der Waals surface area contributed by atoms with Gasteiger partial charge in [-0.15, -0.1) is 0 Å². The summed E-state index contributed by atoms with van der Waals surface area (Å²) in [6, 6.07) is 26.4. The van der Waals surface area contributed by atoms with Crippen molar-refractivity contribution in [3.63, 3.8) is 0 Å². The van der Waals surface area contributed by atoms with Crippen molar-refractivity contribution in [3.05, 3.63) is 119 Å². The number of sulfonamides is 2. The van der Waals surface area contributed by atoms with E-state index in [0.29, 0.717) is 17.7 Å². The van der Waals surface area contributed by atoms with Crippen LogP contribution in [-0.2, 0) is 39.7 Å². The van der Waals surface area contributed by atoms with E-state index in [1.165, 1.54) is 12.1 Å². The normalized spacial score (nSPS) is 12.2. The summed E-state index contributed by atoms with van der Waals surface area (Å²) in [7, 11) is -13.9. The van der Waals surface area contributed by atoms with Gasteiger partial charge in [-0.1, -0.05) is 70.8 Å². The molecular weight excluding hydrogens is 705 g/mol. The van der Waals surface area contributed by atoms with Crippen LogP contribution in [0.5, 0.6) is 0 Å². The maximum absolute atomic E-state index is 12.2. The molecule has 0 unspecified atom stereocenters. The molecule has 49 heavy (non-hydrogen) atoms. The predicted octanol–water partition coefficient (Wildman–Crippen LogP) is 5.28. The molecular formula is C35H44N2O8S4. The van der Waals surface area contributed by atoms with E-state index in [2.05, 4.69) is 9.44 Å². The highest BCUT2D eigenvalue weighted by Crippen LogP contribution is 2.16. The van der Waals surface area contributed by atoms with Crippen LogP contribution >= 0.6 is 0 Å². The third-order valence-electron chi connectivity index (χ3n) is 7.44. The topological polar surface area (TPSA) is 161 Å². The first kappa shape index (κ1) is 40.0. The highest BCUT2D eigenvalue weighted by Gasteiger charge is 2.17. The minimum atomic E-state index is -3.61. The zero-order valence-electron chi connectivity index (χ0n) is 28.1. The van der Waals surface area contributed by atoms with Gasteiger partial charge < -0.3 is 0 Å². The van der Waals surface area contributed by atoms with Crippen LogP contribution in [0.1, 0.15) is 41.5 Å². The lowest BCUT2D eigenvalue weighted by Crippen LogP contribution is -2.26. The van der Waals surface area contributed by atoms with Gasteiger partial charge >= 0.3 is 0 Å². The van der Waals surface area contributed by atoms with E-state index in [4.69, 9.17) is 0 Å². The van der Waals surface area contributed by atoms with Gasteiger partial charge in [0.2, 0.25) is 20.0 Å². The molecule has 0 aliphatic heterocycles. The minimum Gasteiger partial charge on any atom is -0.224 e. The fourth-order valence-corrected chi connectivity index (χ4v) is 9.25. The number of benzene rings is 4. The van der Waals surface area contributed by atoms with Crippen LogP contribution in [0, 0.1) is 27.7 Å². The average Bonchev–Trinajstić information content (AvgIpc) is 3.04. The Labute approximate surface area is 291 Å². The first-order valence-corrected chi connectivity index (χ1v) is 21.9. The highest BCUT2D eigenvalue weighted by atomic mass is 32.2. The van der Waals surface area contributed by atoms with E-state index in [0.717, 1.165) is 22.3 Å². The Morgan fingerprint density at radius 3 is 0.959 bits per heavy atom. The summed E-state index contributed by atoms with van der Waals surface area (Å²) in [6.45, 7) is 7.83. The molecule has 266 valence electrons. The van der Waals surface area contributed by atoms with Gasteiger partial charge in [0.05, 0.1) is 31.1 Å². The van der Waals surface area contributed by atoms with Crippen LogP contribution in [0.3, 0.4) is 0 Å². The van der Waals surface area contributed by atoms with Gasteiger partial charge in [0.15, 0.2) is 19.7 Å². The minimum absolute atomic E-state index is 0.00230. The molecule has 0 spiro atoms. The number of sulfone groups is 2. The molecule has 0 fully saturated rings. The second-order valence-electron chi connectivity index (χ2n) is 11.7. The molecule has 4 aromatic rings. The Morgan fingerprint density at radius 1 is 0.367 bits per heavy atom. The molecule has 0 saturated carbocycles. The molecule has 14 heteroatoms. The molecule has 0 heterocycles. The van der Waals surface area contributed by atoms with Crippen molar-refractivity contribution in [3.8, 4) is 0 Å². The molecule has 0 aliphatic carbocycles. The summed E-state index contributed by atoms with van der Waals surface area (Å²) >= 11 is 0. The summed E-state index contributed by atoms with van der Waals surface area (Å²) < 4.78 is 102. The fraction of sp³-hybridized carbons (Fsp3) is 0.314. The van der Waals surface area contributed by atoms with E-state index in [-0.39, 0.29) is 45.7 Å². The third-order valence-corrected chi connectivity index (χ3v) is 14.0. The largest absolute Gasteiger partial charge is 0.240 e. The van der Waals surface area contributed by atoms with Gasteiger partial charge in [0.25, 0.3) is 0 Å². The van der Waals surface area contributed by atoms with Gasteiger partial charge in [0.1, 0.15) is 0 Å². The van der Waals surface area contributed by atoms with Gasteiger partial charge in [-0.2, -0.15) is 0 Å². The van der Waals surface area contributed by atoms with Gasteiger partial charge in [0, 0.05) is 13.1 Å². The van der Waals surface area contributed by atoms with Gasteiger partial charge in [-0.05, 0) is 95.5 Å². The Morgan fingerprint density at radius 2 is 0.633 bits per heavy atom. The standard InChI is InChI=1S/C18H23NO4S2.C17H21NO4S2/c1-15-5-9-17(10-6-15)24(20,21)14-4-3-13-19-25(22,23)18-11-7-16(2)8-12-18;1-14-4-8-16(9-5-14)23(19,20)13-3-12-18-24(21,22)17-10-6-15(2)7-11-17/h5-12,19H,3-4,13-14H2,1-2H3;4-11,18H,3,12-13H2,1-2H3. The summed E-state index contributed by atoms with van der Waals surface area (Å²) in [6.07, 6.45) is 1.06. The number of rotatable bonds is 15. The Bertz CT molecular complexity index is 1940. The molecule has 4 aromatic carbocycles. The molecule has 0 radical (unpaired) electrons. The summed E-state index contributed by atoms with van der Waals surface area (Å²) in [4.78, 5) is 0.952. The van der Waals surface area contributed by atoms with E-state index in [9.17, 15) is 33.7 Å². The summed E-state index contributed by atoms with van der Waals surface area (Å²) in [5.74, 6) is -0.102. The maximum Gasteiger partial charge on any atom is 0.240 e. The lowest BCUT2D eigenvalue weighted by molar-refractivity contribution is 0.575. The van der Waals surface area contributed by atoms with Crippen LogP contribution in [0.15, 0.2) is 117 Å². The second-order valence-corrected chi connectivity index (χ2v) is 19.5. The molecule has 0 amide bonds. The number of aryl methyl sites for hydroxylation is 4. The lowest BCUT2D eigenvalue weighted by Gasteiger charge is -2.08. The first-order valence-electron chi connectivity index (χ1n) is 15.6.